The first-order valence-corrected chi connectivity index (χ1v) is 4.21. The molecule has 0 aliphatic carbocycles. The fraction of sp³-hybridized carbons (Fsp3) is 0.400. The van der Waals surface area contributed by atoms with Crippen LogP contribution in [0.15, 0.2) is 34.6 Å². The second-order valence-electron chi connectivity index (χ2n) is 2.60. The van der Waals surface area contributed by atoms with Crippen LogP contribution in [-0.4, -0.2) is 7.11 Å². The van der Waals surface area contributed by atoms with Crippen LogP contribution in [0.25, 0.3) is 0 Å². The Morgan fingerprint density at radius 3 is 2.25 bits per heavy atom. The summed E-state index contributed by atoms with van der Waals surface area (Å²) in [6.07, 6.45) is 5.58. The molecule has 0 unspecified atom stereocenters. The van der Waals surface area contributed by atoms with E-state index in [2.05, 4.69) is 0 Å². The number of allylic oxidation sites excluding steroid dienone is 5. The predicted molar refractivity (Wildman–Crippen MR) is 54.1 cm³/mol. The lowest BCUT2D eigenvalue weighted by molar-refractivity contribution is 0.307. The summed E-state index contributed by atoms with van der Waals surface area (Å²) in [5, 5.41) is 0.727. The van der Waals surface area contributed by atoms with E-state index in [0.717, 1.165) is 16.4 Å². The summed E-state index contributed by atoms with van der Waals surface area (Å²) in [6.45, 7) is 5.85. The van der Waals surface area contributed by atoms with Crippen molar-refractivity contribution in [1.82, 2.24) is 0 Å². The van der Waals surface area contributed by atoms with Gasteiger partial charge in [-0.2, -0.15) is 0 Å². The highest BCUT2D eigenvalue weighted by atomic mass is 35.5. The molecule has 0 rings (SSSR count). The smallest absolute Gasteiger partial charge is 0.120 e. The van der Waals surface area contributed by atoms with Gasteiger partial charge in [0, 0.05) is 5.03 Å². The summed E-state index contributed by atoms with van der Waals surface area (Å²) in [6, 6.07) is 0. The molecule has 0 heterocycles. The van der Waals surface area contributed by atoms with E-state index in [1.165, 1.54) is 0 Å². The van der Waals surface area contributed by atoms with E-state index in [9.17, 15) is 0 Å². The number of methoxy groups -OCH3 is 1. The summed E-state index contributed by atoms with van der Waals surface area (Å²) in [4.78, 5) is 0. The highest BCUT2D eigenvalue weighted by Crippen LogP contribution is 2.13. The lowest BCUT2D eigenvalue weighted by Crippen LogP contribution is -1.82. The van der Waals surface area contributed by atoms with Gasteiger partial charge in [-0.25, -0.2) is 0 Å². The van der Waals surface area contributed by atoms with Gasteiger partial charge in [-0.05, 0) is 32.9 Å². The van der Waals surface area contributed by atoms with E-state index >= 15 is 0 Å². The monoisotopic (exact) mass is 186 g/mol. The van der Waals surface area contributed by atoms with Crippen molar-refractivity contribution in [2.75, 3.05) is 7.11 Å². The summed E-state index contributed by atoms with van der Waals surface area (Å²) < 4.78 is 5.07. The molecule has 0 saturated heterocycles. The van der Waals surface area contributed by atoms with Crippen LogP contribution in [0.1, 0.15) is 20.8 Å². The molecule has 0 saturated carbocycles. The summed E-state index contributed by atoms with van der Waals surface area (Å²) in [5.74, 6) is 0.767. The summed E-state index contributed by atoms with van der Waals surface area (Å²) >= 11 is 5.91. The molecule has 0 aromatic heterocycles. The maximum Gasteiger partial charge on any atom is 0.120 e. The topological polar surface area (TPSA) is 9.23 Å². The van der Waals surface area contributed by atoms with Gasteiger partial charge in [0.15, 0.2) is 0 Å². The van der Waals surface area contributed by atoms with Crippen molar-refractivity contribution in [3.63, 3.8) is 0 Å². The first kappa shape index (κ1) is 11.3. The van der Waals surface area contributed by atoms with Gasteiger partial charge < -0.3 is 4.74 Å². The van der Waals surface area contributed by atoms with E-state index in [4.69, 9.17) is 16.3 Å². The molecule has 0 aromatic carbocycles. The van der Waals surface area contributed by atoms with E-state index in [0.29, 0.717) is 0 Å². The molecular formula is C10H15ClO. The number of halogens is 1. The number of hydrogen-bond donors (Lipinski definition) is 0. The van der Waals surface area contributed by atoms with Gasteiger partial charge in [0.25, 0.3) is 0 Å². The summed E-state index contributed by atoms with van der Waals surface area (Å²) in [5.41, 5.74) is 1.08. The van der Waals surface area contributed by atoms with Gasteiger partial charge >= 0.3 is 0 Å². The lowest BCUT2D eigenvalue weighted by atomic mass is 10.3. The third-order valence-corrected chi connectivity index (χ3v) is 1.80. The van der Waals surface area contributed by atoms with Gasteiger partial charge in [0.2, 0.25) is 0 Å². The highest BCUT2D eigenvalue weighted by molar-refractivity contribution is 6.31. The predicted octanol–water partition coefficient (Wildman–Crippen LogP) is 3.63. The van der Waals surface area contributed by atoms with Crippen LogP contribution in [0, 0.1) is 0 Å². The first-order valence-electron chi connectivity index (χ1n) is 3.83. The van der Waals surface area contributed by atoms with Gasteiger partial charge in [-0.3, -0.25) is 0 Å². The van der Waals surface area contributed by atoms with Crippen LogP contribution >= 0.6 is 11.6 Å². The van der Waals surface area contributed by atoms with E-state index in [1.807, 2.05) is 32.9 Å². The van der Waals surface area contributed by atoms with Crippen molar-refractivity contribution < 1.29 is 4.74 Å². The van der Waals surface area contributed by atoms with E-state index in [1.54, 1.807) is 13.2 Å². The second kappa shape index (κ2) is 5.90. The molecule has 1 nitrogen and oxygen atoms in total. The molecule has 0 atom stereocenters. The minimum atomic E-state index is 0.727. The Kier molecular flexibility index (Phi) is 5.56. The Balaban J connectivity index is 4.60. The van der Waals surface area contributed by atoms with Crippen LogP contribution in [0.5, 0.6) is 0 Å². The minimum absolute atomic E-state index is 0.727. The summed E-state index contributed by atoms with van der Waals surface area (Å²) in [7, 11) is 1.63. The Labute approximate surface area is 79.4 Å². The van der Waals surface area contributed by atoms with Gasteiger partial charge in [-0.1, -0.05) is 23.3 Å². The van der Waals surface area contributed by atoms with E-state index in [-0.39, 0.29) is 0 Å². The molecule has 0 aromatic rings. The SMILES string of the molecule is C/C=C\C(=C/C(Cl)=C(C)C)OC. The largest absolute Gasteiger partial charge is 0.497 e. The van der Waals surface area contributed by atoms with Crippen LogP contribution in [-0.2, 0) is 4.74 Å². The van der Waals surface area contributed by atoms with Gasteiger partial charge in [0.05, 0.1) is 7.11 Å². The first-order chi connectivity index (χ1) is 5.61. The van der Waals surface area contributed by atoms with Crippen molar-refractivity contribution in [3.8, 4) is 0 Å². The number of hydrogen-bond acceptors (Lipinski definition) is 1. The zero-order chi connectivity index (χ0) is 9.56. The molecule has 2 heteroatoms. The molecule has 0 amide bonds. The molecule has 12 heavy (non-hydrogen) atoms. The Hall–Kier alpha value is -0.690. The fourth-order valence-electron chi connectivity index (χ4n) is 0.609. The van der Waals surface area contributed by atoms with Crippen molar-refractivity contribution in [2.24, 2.45) is 0 Å². The molecule has 0 aliphatic rings. The maximum atomic E-state index is 5.91. The third-order valence-electron chi connectivity index (χ3n) is 1.31. The van der Waals surface area contributed by atoms with Crippen molar-refractivity contribution in [2.45, 2.75) is 20.8 Å². The molecule has 0 N–H and O–H groups in total. The van der Waals surface area contributed by atoms with Gasteiger partial charge in [-0.15, -0.1) is 0 Å². The molecule has 0 spiro atoms. The van der Waals surface area contributed by atoms with Crippen molar-refractivity contribution in [3.05, 3.63) is 34.6 Å². The quantitative estimate of drug-likeness (QED) is 0.483. The standard InChI is InChI=1S/C10H15ClO/c1-5-6-9(12-4)7-10(11)8(2)3/h5-7H,1-4H3/b6-5-,9-7+. The fourth-order valence-corrected chi connectivity index (χ4v) is 0.716. The van der Waals surface area contributed by atoms with Crippen molar-refractivity contribution >= 4 is 11.6 Å². The average Bonchev–Trinajstić information content (AvgIpc) is 2.03. The van der Waals surface area contributed by atoms with Crippen molar-refractivity contribution in [1.29, 1.82) is 0 Å². The van der Waals surface area contributed by atoms with Crippen LogP contribution in [0.2, 0.25) is 0 Å². The lowest BCUT2D eigenvalue weighted by Gasteiger charge is -2.00. The molecule has 0 radical (unpaired) electrons. The maximum absolute atomic E-state index is 5.91. The molecular weight excluding hydrogens is 172 g/mol. The minimum Gasteiger partial charge on any atom is -0.497 e. The second-order valence-corrected chi connectivity index (χ2v) is 3.01. The van der Waals surface area contributed by atoms with Gasteiger partial charge in [0.1, 0.15) is 5.76 Å². The number of rotatable bonds is 3. The Morgan fingerprint density at radius 1 is 1.33 bits per heavy atom. The number of ether oxygens (including phenoxy) is 1. The molecule has 0 bridgehead atoms. The van der Waals surface area contributed by atoms with Crippen LogP contribution < -0.4 is 0 Å². The zero-order valence-corrected chi connectivity index (χ0v) is 8.77. The molecule has 68 valence electrons. The average molecular weight is 187 g/mol. The van der Waals surface area contributed by atoms with Crippen LogP contribution in [0.4, 0.5) is 0 Å². The van der Waals surface area contributed by atoms with E-state index < -0.39 is 0 Å². The Bertz CT molecular complexity index is 220. The molecule has 0 aliphatic heterocycles. The zero-order valence-electron chi connectivity index (χ0n) is 8.02. The molecule has 0 fully saturated rings. The Morgan fingerprint density at radius 2 is 1.92 bits per heavy atom. The third kappa shape index (κ3) is 4.24. The highest BCUT2D eigenvalue weighted by Gasteiger charge is 1.93. The van der Waals surface area contributed by atoms with Crippen LogP contribution in [0.3, 0.4) is 0 Å². The normalized spacial score (nSPS) is 11.9.